The summed E-state index contributed by atoms with van der Waals surface area (Å²) < 4.78 is 44.0. The van der Waals surface area contributed by atoms with Crippen LogP contribution < -0.4 is 9.62 Å². The Labute approximate surface area is 269 Å². The number of halogens is 2. The monoisotopic (exact) mass is 649 g/mol. The Balaban J connectivity index is 1.80. The van der Waals surface area contributed by atoms with Crippen LogP contribution in [0.4, 0.5) is 10.1 Å². The van der Waals surface area contributed by atoms with Crippen molar-refractivity contribution in [2.45, 2.75) is 44.7 Å². The standard InChI is InChI=1S/C35H37ClFN3O4S/c1-25(2)22-38-35(42)33(21-27-9-5-4-6-10-27)39(23-28-15-17-29(36)18-16-28)34(41)24-40(32-12-8-7-11-31(32)37)45(43,44)30-19-13-26(3)14-20-30/h4-20,25,33H,21-24H2,1-3H3,(H,38,42). The number of hydrogen-bond donors (Lipinski definition) is 1. The molecule has 0 fully saturated rings. The fraction of sp³-hybridized carbons (Fsp3) is 0.257. The number of hydrogen-bond acceptors (Lipinski definition) is 4. The van der Waals surface area contributed by atoms with Gasteiger partial charge in [-0.05, 0) is 60.4 Å². The molecule has 236 valence electrons. The largest absolute Gasteiger partial charge is 0.354 e. The summed E-state index contributed by atoms with van der Waals surface area (Å²) >= 11 is 6.12. The molecule has 2 amide bonds. The molecule has 45 heavy (non-hydrogen) atoms. The molecule has 4 rings (SSSR count). The molecule has 0 aliphatic rings. The molecule has 0 spiro atoms. The highest BCUT2D eigenvalue weighted by atomic mass is 35.5. The van der Waals surface area contributed by atoms with Crippen molar-refractivity contribution in [3.05, 3.63) is 131 Å². The van der Waals surface area contributed by atoms with Crippen LogP contribution in [0.2, 0.25) is 5.02 Å². The second-order valence-electron chi connectivity index (χ2n) is 11.3. The van der Waals surface area contributed by atoms with Gasteiger partial charge >= 0.3 is 0 Å². The highest BCUT2D eigenvalue weighted by molar-refractivity contribution is 7.92. The average molecular weight is 650 g/mol. The summed E-state index contributed by atoms with van der Waals surface area (Å²) in [6.45, 7) is 5.37. The molecule has 0 heterocycles. The third-order valence-electron chi connectivity index (χ3n) is 7.23. The predicted molar refractivity (Wildman–Crippen MR) is 176 cm³/mol. The van der Waals surface area contributed by atoms with E-state index in [4.69, 9.17) is 11.6 Å². The van der Waals surface area contributed by atoms with Gasteiger partial charge in [0, 0.05) is 24.5 Å². The topological polar surface area (TPSA) is 86.8 Å². The van der Waals surface area contributed by atoms with Crippen LogP contribution in [0.25, 0.3) is 0 Å². The third-order valence-corrected chi connectivity index (χ3v) is 9.26. The molecule has 4 aromatic carbocycles. The van der Waals surface area contributed by atoms with E-state index in [-0.39, 0.29) is 35.4 Å². The van der Waals surface area contributed by atoms with Crippen molar-refractivity contribution in [3.63, 3.8) is 0 Å². The summed E-state index contributed by atoms with van der Waals surface area (Å²) in [5, 5.41) is 3.44. The first-order valence-electron chi connectivity index (χ1n) is 14.6. The van der Waals surface area contributed by atoms with Crippen molar-refractivity contribution in [3.8, 4) is 0 Å². The molecule has 1 atom stereocenters. The second kappa shape index (κ2) is 15.2. The number of carbonyl (C=O) groups excluding carboxylic acids is 2. The zero-order chi connectivity index (χ0) is 32.6. The summed E-state index contributed by atoms with van der Waals surface area (Å²) in [6.07, 6.45) is 0.175. The first-order chi connectivity index (χ1) is 21.5. The molecule has 0 aromatic heterocycles. The first kappa shape index (κ1) is 33.7. The zero-order valence-electron chi connectivity index (χ0n) is 25.5. The van der Waals surface area contributed by atoms with Crippen LogP contribution in [0.1, 0.15) is 30.5 Å². The lowest BCUT2D eigenvalue weighted by Crippen LogP contribution is -2.53. The van der Waals surface area contributed by atoms with Crippen LogP contribution in [-0.4, -0.2) is 44.3 Å². The lowest BCUT2D eigenvalue weighted by atomic mass is 10.0. The molecule has 4 aromatic rings. The van der Waals surface area contributed by atoms with E-state index in [1.54, 1.807) is 36.4 Å². The molecular weight excluding hydrogens is 613 g/mol. The molecule has 1 N–H and O–H groups in total. The lowest BCUT2D eigenvalue weighted by molar-refractivity contribution is -0.140. The van der Waals surface area contributed by atoms with Crippen molar-refractivity contribution in [1.82, 2.24) is 10.2 Å². The number of benzene rings is 4. The Bertz CT molecular complexity index is 1700. The van der Waals surface area contributed by atoms with Crippen molar-refractivity contribution in [1.29, 1.82) is 0 Å². The maximum absolute atomic E-state index is 15.2. The molecule has 0 radical (unpaired) electrons. The zero-order valence-corrected chi connectivity index (χ0v) is 27.1. The molecule has 0 aliphatic heterocycles. The van der Waals surface area contributed by atoms with Gasteiger partial charge in [-0.3, -0.25) is 13.9 Å². The molecule has 0 saturated carbocycles. The van der Waals surface area contributed by atoms with E-state index in [2.05, 4.69) is 5.32 Å². The Kier molecular flexibility index (Phi) is 11.4. The van der Waals surface area contributed by atoms with Crippen LogP contribution in [-0.2, 0) is 32.6 Å². The van der Waals surface area contributed by atoms with Gasteiger partial charge in [0.25, 0.3) is 10.0 Å². The van der Waals surface area contributed by atoms with Gasteiger partial charge in [-0.15, -0.1) is 0 Å². The smallest absolute Gasteiger partial charge is 0.264 e. The Morgan fingerprint density at radius 2 is 1.47 bits per heavy atom. The number of amides is 2. The maximum Gasteiger partial charge on any atom is 0.264 e. The number of nitrogens with one attached hydrogen (secondary N) is 1. The summed E-state index contributed by atoms with van der Waals surface area (Å²) in [5.74, 6) is -1.71. The van der Waals surface area contributed by atoms with Gasteiger partial charge in [-0.25, -0.2) is 12.8 Å². The van der Waals surface area contributed by atoms with Gasteiger partial charge in [-0.1, -0.05) is 97.7 Å². The molecule has 0 aliphatic carbocycles. The van der Waals surface area contributed by atoms with E-state index in [1.165, 1.54) is 35.2 Å². The number of anilines is 1. The molecule has 1 unspecified atom stereocenters. The van der Waals surface area contributed by atoms with E-state index >= 15 is 4.39 Å². The van der Waals surface area contributed by atoms with Gasteiger partial charge in [0.1, 0.15) is 18.4 Å². The van der Waals surface area contributed by atoms with Gasteiger partial charge in [-0.2, -0.15) is 0 Å². The fourth-order valence-electron chi connectivity index (χ4n) is 4.77. The molecular formula is C35H37ClFN3O4S. The molecule has 10 heteroatoms. The summed E-state index contributed by atoms with van der Waals surface area (Å²) in [7, 11) is -4.40. The highest BCUT2D eigenvalue weighted by Crippen LogP contribution is 2.27. The number of rotatable bonds is 13. The first-order valence-corrected chi connectivity index (χ1v) is 16.5. The predicted octanol–water partition coefficient (Wildman–Crippen LogP) is 6.40. The van der Waals surface area contributed by atoms with Crippen LogP contribution >= 0.6 is 11.6 Å². The normalized spacial score (nSPS) is 12.0. The summed E-state index contributed by atoms with van der Waals surface area (Å²) in [6, 6.07) is 26.6. The fourth-order valence-corrected chi connectivity index (χ4v) is 6.32. The molecule has 0 bridgehead atoms. The SMILES string of the molecule is Cc1ccc(S(=O)(=O)N(CC(=O)N(Cc2ccc(Cl)cc2)C(Cc2ccccc2)C(=O)NCC(C)C)c2ccccc2F)cc1. The van der Waals surface area contributed by atoms with Crippen LogP contribution in [0.3, 0.4) is 0 Å². The van der Waals surface area contributed by atoms with E-state index < -0.39 is 34.3 Å². The number of nitrogens with zero attached hydrogens (tertiary/aromatic N) is 2. The van der Waals surface area contributed by atoms with Crippen LogP contribution in [0, 0.1) is 18.7 Å². The Morgan fingerprint density at radius 3 is 2.09 bits per heavy atom. The van der Waals surface area contributed by atoms with E-state index in [0.29, 0.717) is 17.1 Å². The number of aryl methyl sites for hydroxylation is 1. The number of sulfonamides is 1. The van der Waals surface area contributed by atoms with Crippen molar-refractivity contribution < 1.29 is 22.4 Å². The van der Waals surface area contributed by atoms with Gasteiger partial charge in [0.05, 0.1) is 10.6 Å². The minimum atomic E-state index is -4.40. The number of carbonyl (C=O) groups is 2. The minimum absolute atomic E-state index is 0.0156. The van der Waals surface area contributed by atoms with E-state index in [9.17, 15) is 18.0 Å². The molecule has 0 saturated heterocycles. The van der Waals surface area contributed by atoms with Gasteiger partial charge in [0.2, 0.25) is 11.8 Å². The lowest BCUT2D eigenvalue weighted by Gasteiger charge is -2.34. The van der Waals surface area contributed by atoms with Crippen LogP contribution in [0.5, 0.6) is 0 Å². The quantitative estimate of drug-likeness (QED) is 0.182. The minimum Gasteiger partial charge on any atom is -0.354 e. The second-order valence-corrected chi connectivity index (χ2v) is 13.6. The highest BCUT2D eigenvalue weighted by Gasteiger charge is 2.35. The summed E-state index contributed by atoms with van der Waals surface area (Å²) in [4.78, 5) is 29.5. The average Bonchev–Trinajstić information content (AvgIpc) is 3.02. The molecule has 7 nitrogen and oxygen atoms in total. The van der Waals surface area contributed by atoms with Crippen molar-refractivity contribution >= 4 is 39.1 Å². The third kappa shape index (κ3) is 8.93. The van der Waals surface area contributed by atoms with E-state index in [0.717, 1.165) is 21.5 Å². The maximum atomic E-state index is 15.2. The Morgan fingerprint density at radius 1 is 0.844 bits per heavy atom. The van der Waals surface area contributed by atoms with Crippen LogP contribution in [0.15, 0.2) is 108 Å². The van der Waals surface area contributed by atoms with Gasteiger partial charge in [0.15, 0.2) is 0 Å². The summed E-state index contributed by atoms with van der Waals surface area (Å²) in [5.41, 5.74) is 2.06. The van der Waals surface area contributed by atoms with E-state index in [1.807, 2.05) is 51.1 Å². The van der Waals surface area contributed by atoms with Crippen molar-refractivity contribution in [2.75, 3.05) is 17.4 Å². The number of para-hydroxylation sites is 1. The Hall–Kier alpha value is -4.21. The van der Waals surface area contributed by atoms with Gasteiger partial charge < -0.3 is 10.2 Å². The van der Waals surface area contributed by atoms with Crippen molar-refractivity contribution in [2.24, 2.45) is 5.92 Å².